The second kappa shape index (κ2) is 9.39. The number of carbonyl (C=O) groups is 3. The normalized spacial score (nSPS) is 19.4. The summed E-state index contributed by atoms with van der Waals surface area (Å²) in [6.07, 6.45) is 2.21. The van der Waals surface area contributed by atoms with E-state index < -0.39 is 17.5 Å². The molecule has 0 bridgehead atoms. The molecule has 1 heterocycles. The quantitative estimate of drug-likeness (QED) is 0.740. The topological polar surface area (TPSA) is 84.9 Å². The van der Waals surface area contributed by atoms with Crippen molar-refractivity contribution in [1.29, 1.82) is 0 Å². The summed E-state index contributed by atoms with van der Waals surface area (Å²) in [4.78, 5) is 39.9. The summed E-state index contributed by atoms with van der Waals surface area (Å²) in [6.45, 7) is 5.70. The van der Waals surface area contributed by atoms with Crippen LogP contribution in [0.4, 0.5) is 5.69 Å². The lowest BCUT2D eigenvalue weighted by atomic mass is 9.82. The fourth-order valence-corrected chi connectivity index (χ4v) is 3.94. The van der Waals surface area contributed by atoms with Crippen LogP contribution in [0, 0.1) is 12.3 Å². The zero-order valence-corrected chi connectivity index (χ0v) is 17.2. The molecule has 0 unspecified atom stereocenters. The van der Waals surface area contributed by atoms with E-state index >= 15 is 0 Å². The first-order chi connectivity index (χ1) is 13.9. The maximum atomic E-state index is 13.0. The van der Waals surface area contributed by atoms with Gasteiger partial charge in [0.05, 0.1) is 18.6 Å². The van der Waals surface area contributed by atoms with Crippen LogP contribution in [0.5, 0.6) is 0 Å². The first-order valence-electron chi connectivity index (χ1n) is 10.3. The zero-order valence-electron chi connectivity index (χ0n) is 17.2. The number of carbonyl (C=O) groups excluding carboxylic acids is 3. The summed E-state index contributed by atoms with van der Waals surface area (Å²) in [5.41, 5.74) is 0.922. The summed E-state index contributed by atoms with van der Waals surface area (Å²) in [5.74, 6) is -0.859. The van der Waals surface area contributed by atoms with Crippen molar-refractivity contribution >= 4 is 23.5 Å². The third-order valence-corrected chi connectivity index (χ3v) is 5.82. The van der Waals surface area contributed by atoms with Crippen molar-refractivity contribution in [2.45, 2.75) is 52.1 Å². The summed E-state index contributed by atoms with van der Waals surface area (Å²) < 4.78 is 10.8. The Morgan fingerprint density at radius 2 is 1.76 bits per heavy atom. The van der Waals surface area contributed by atoms with Gasteiger partial charge in [-0.25, -0.2) is 0 Å². The van der Waals surface area contributed by atoms with Crippen LogP contribution in [0.2, 0.25) is 0 Å². The monoisotopic (exact) mass is 402 g/mol. The lowest BCUT2D eigenvalue weighted by Crippen LogP contribution is -2.45. The van der Waals surface area contributed by atoms with Crippen molar-refractivity contribution in [3.8, 4) is 0 Å². The van der Waals surface area contributed by atoms with E-state index in [1.165, 1.54) is 0 Å². The molecule has 7 nitrogen and oxygen atoms in total. The van der Waals surface area contributed by atoms with Gasteiger partial charge < -0.3 is 19.7 Å². The Morgan fingerprint density at radius 1 is 1.14 bits per heavy atom. The van der Waals surface area contributed by atoms with Gasteiger partial charge in [0.1, 0.15) is 0 Å². The van der Waals surface area contributed by atoms with E-state index in [1.54, 1.807) is 24.0 Å². The van der Waals surface area contributed by atoms with E-state index in [-0.39, 0.29) is 18.2 Å². The maximum absolute atomic E-state index is 13.0. The number of ether oxygens (including phenoxy) is 2. The van der Waals surface area contributed by atoms with Crippen molar-refractivity contribution in [3.05, 3.63) is 29.8 Å². The van der Waals surface area contributed by atoms with Crippen molar-refractivity contribution < 1.29 is 23.9 Å². The molecular formula is C22H30N2O5. The first kappa shape index (κ1) is 21.3. The van der Waals surface area contributed by atoms with Gasteiger partial charge in [0, 0.05) is 25.2 Å². The summed E-state index contributed by atoms with van der Waals surface area (Å²) in [6, 6.07) is 7.41. The van der Waals surface area contributed by atoms with E-state index in [0.29, 0.717) is 44.8 Å². The zero-order chi connectivity index (χ0) is 20.9. The van der Waals surface area contributed by atoms with Gasteiger partial charge in [-0.05, 0) is 38.8 Å². The smallest absolute Gasteiger partial charge is 0.313 e. The molecule has 1 N–H and O–H groups in total. The van der Waals surface area contributed by atoms with Crippen molar-refractivity contribution in [1.82, 2.24) is 4.90 Å². The molecule has 1 saturated carbocycles. The molecule has 29 heavy (non-hydrogen) atoms. The SMILES string of the molecule is Cc1ccc(NC(=O)[C@@H](C)OC(=O)C2(CC(=O)N3CCOCC3)CCCC2)cc1. The van der Waals surface area contributed by atoms with Crippen LogP contribution < -0.4 is 5.32 Å². The average Bonchev–Trinajstić information content (AvgIpc) is 3.20. The molecule has 1 atom stereocenters. The number of amides is 2. The molecule has 1 aliphatic carbocycles. The molecule has 1 aromatic carbocycles. The molecular weight excluding hydrogens is 372 g/mol. The molecule has 158 valence electrons. The molecule has 1 saturated heterocycles. The van der Waals surface area contributed by atoms with Gasteiger partial charge in [0.2, 0.25) is 5.91 Å². The molecule has 7 heteroatoms. The second-order valence-corrected chi connectivity index (χ2v) is 8.06. The van der Waals surface area contributed by atoms with E-state index in [2.05, 4.69) is 5.32 Å². The van der Waals surface area contributed by atoms with Gasteiger partial charge in [-0.3, -0.25) is 14.4 Å². The van der Waals surface area contributed by atoms with E-state index in [1.807, 2.05) is 19.1 Å². The number of benzene rings is 1. The fourth-order valence-electron chi connectivity index (χ4n) is 3.94. The molecule has 0 spiro atoms. The first-order valence-corrected chi connectivity index (χ1v) is 10.3. The Bertz CT molecular complexity index is 734. The van der Waals surface area contributed by atoms with Gasteiger partial charge in [0.15, 0.2) is 6.10 Å². The minimum Gasteiger partial charge on any atom is -0.452 e. The van der Waals surface area contributed by atoms with Crippen LogP contribution in [-0.2, 0) is 23.9 Å². The van der Waals surface area contributed by atoms with Crippen LogP contribution in [0.3, 0.4) is 0 Å². The third-order valence-electron chi connectivity index (χ3n) is 5.82. The van der Waals surface area contributed by atoms with Crippen LogP contribution in [0.15, 0.2) is 24.3 Å². The number of hydrogen-bond donors (Lipinski definition) is 1. The van der Waals surface area contributed by atoms with Crippen molar-refractivity contribution in [3.63, 3.8) is 0 Å². The Hall–Kier alpha value is -2.41. The molecule has 0 aromatic heterocycles. The second-order valence-electron chi connectivity index (χ2n) is 8.06. The van der Waals surface area contributed by atoms with Crippen LogP contribution >= 0.6 is 0 Å². The van der Waals surface area contributed by atoms with Gasteiger partial charge in [-0.15, -0.1) is 0 Å². The van der Waals surface area contributed by atoms with Gasteiger partial charge in [-0.1, -0.05) is 30.5 Å². The van der Waals surface area contributed by atoms with Gasteiger partial charge in [0.25, 0.3) is 5.91 Å². The Balaban J connectivity index is 1.60. The number of hydrogen-bond acceptors (Lipinski definition) is 5. The highest BCUT2D eigenvalue weighted by Crippen LogP contribution is 2.43. The highest BCUT2D eigenvalue weighted by Gasteiger charge is 2.46. The van der Waals surface area contributed by atoms with Gasteiger partial charge in [-0.2, -0.15) is 0 Å². The lowest BCUT2D eigenvalue weighted by Gasteiger charge is -2.32. The molecule has 3 rings (SSSR count). The average molecular weight is 402 g/mol. The number of nitrogens with one attached hydrogen (secondary N) is 1. The minimum absolute atomic E-state index is 0.0380. The van der Waals surface area contributed by atoms with Crippen LogP contribution in [0.1, 0.15) is 44.6 Å². The standard InChI is InChI=1S/C22H30N2O5/c1-16-5-7-18(8-6-16)23-20(26)17(2)29-21(27)22(9-3-4-10-22)15-19(25)24-11-13-28-14-12-24/h5-8,17H,3-4,9-15H2,1-2H3,(H,23,26)/t17-/m1/s1. The molecule has 1 aliphatic heterocycles. The van der Waals surface area contributed by atoms with Gasteiger partial charge >= 0.3 is 5.97 Å². The number of aryl methyl sites for hydroxylation is 1. The summed E-state index contributed by atoms with van der Waals surface area (Å²) in [5, 5.41) is 2.76. The number of rotatable bonds is 6. The Labute approximate surface area is 171 Å². The molecule has 1 aromatic rings. The van der Waals surface area contributed by atoms with E-state index in [9.17, 15) is 14.4 Å². The van der Waals surface area contributed by atoms with Crippen molar-refractivity contribution in [2.75, 3.05) is 31.6 Å². The number of esters is 1. The molecule has 2 amide bonds. The predicted octanol–water partition coefficient (Wildman–Crippen LogP) is 2.67. The van der Waals surface area contributed by atoms with E-state index in [0.717, 1.165) is 18.4 Å². The largest absolute Gasteiger partial charge is 0.452 e. The summed E-state index contributed by atoms with van der Waals surface area (Å²) >= 11 is 0. The Kier molecular flexibility index (Phi) is 6.90. The van der Waals surface area contributed by atoms with Crippen LogP contribution in [-0.4, -0.2) is 55.1 Å². The number of anilines is 1. The van der Waals surface area contributed by atoms with E-state index in [4.69, 9.17) is 9.47 Å². The molecule has 0 radical (unpaired) electrons. The lowest BCUT2D eigenvalue weighted by molar-refractivity contribution is -0.166. The predicted molar refractivity (Wildman–Crippen MR) is 108 cm³/mol. The highest BCUT2D eigenvalue weighted by atomic mass is 16.5. The van der Waals surface area contributed by atoms with Crippen molar-refractivity contribution in [2.24, 2.45) is 5.41 Å². The number of morpholine rings is 1. The molecule has 2 fully saturated rings. The van der Waals surface area contributed by atoms with Crippen LogP contribution in [0.25, 0.3) is 0 Å². The Morgan fingerprint density at radius 3 is 2.38 bits per heavy atom. The number of nitrogens with zero attached hydrogens (tertiary/aromatic N) is 1. The summed E-state index contributed by atoms with van der Waals surface area (Å²) in [7, 11) is 0. The molecule has 2 aliphatic rings. The highest BCUT2D eigenvalue weighted by molar-refractivity contribution is 5.96. The third kappa shape index (κ3) is 5.35. The fraction of sp³-hybridized carbons (Fsp3) is 0.591. The maximum Gasteiger partial charge on any atom is 0.313 e. The minimum atomic E-state index is -0.931.